The molecule has 0 radical (unpaired) electrons. The first-order valence-electron chi connectivity index (χ1n) is 9.42. The summed E-state index contributed by atoms with van der Waals surface area (Å²) in [6.45, 7) is 1.44. The third kappa shape index (κ3) is 4.44. The molecule has 2 aromatic rings. The molecule has 1 fully saturated rings. The summed E-state index contributed by atoms with van der Waals surface area (Å²) in [5.74, 6) is 1.29. The number of hydrogen-bond acceptors (Lipinski definition) is 4. The van der Waals surface area contributed by atoms with Crippen molar-refractivity contribution in [2.24, 2.45) is 11.7 Å². The Hall–Kier alpha value is -3.02. The number of carbonyl (C=O) groups excluding carboxylic acids is 2. The molecule has 3 rings (SSSR count). The molecule has 1 aliphatic heterocycles. The maximum absolute atomic E-state index is 12.9. The number of rotatable bonds is 6. The van der Waals surface area contributed by atoms with Gasteiger partial charge in [0.2, 0.25) is 5.91 Å². The summed E-state index contributed by atoms with van der Waals surface area (Å²) in [6.07, 6.45) is 2.83. The van der Waals surface area contributed by atoms with E-state index in [2.05, 4.69) is 0 Å². The van der Waals surface area contributed by atoms with Crippen molar-refractivity contribution in [1.29, 1.82) is 0 Å². The fourth-order valence-corrected chi connectivity index (χ4v) is 3.62. The quantitative estimate of drug-likeness (QED) is 0.833. The summed E-state index contributed by atoms with van der Waals surface area (Å²) in [7, 11) is 3.14. The first kappa shape index (κ1) is 19.7. The lowest BCUT2D eigenvalue weighted by Gasteiger charge is -2.32. The smallest absolute Gasteiger partial charge is 0.257 e. The minimum Gasteiger partial charge on any atom is -0.497 e. The number of primary amides is 1. The highest BCUT2D eigenvalue weighted by Crippen LogP contribution is 2.28. The molecular weight excluding hydrogens is 356 g/mol. The number of likely N-dealkylation sites (tertiary alicyclic amines) is 1. The summed E-state index contributed by atoms with van der Waals surface area (Å²) < 4.78 is 10.6. The Labute approximate surface area is 165 Å². The molecule has 0 spiro atoms. The SMILES string of the molecule is COc1ccc(C(=O)N2CCC(Cc3ccc(C(N)=O)cc3)CC2)c(OC)c1. The van der Waals surface area contributed by atoms with Crippen LogP contribution < -0.4 is 15.2 Å². The lowest BCUT2D eigenvalue weighted by molar-refractivity contribution is 0.0687. The number of carbonyl (C=O) groups is 2. The van der Waals surface area contributed by atoms with Gasteiger partial charge in [0.1, 0.15) is 11.5 Å². The van der Waals surface area contributed by atoms with E-state index in [1.165, 1.54) is 5.56 Å². The minimum absolute atomic E-state index is 0.0104. The largest absolute Gasteiger partial charge is 0.497 e. The standard InChI is InChI=1S/C22H26N2O4/c1-27-18-7-8-19(20(14-18)28-2)22(26)24-11-9-16(10-12-24)13-15-3-5-17(6-4-15)21(23)25/h3-8,14,16H,9-13H2,1-2H3,(H2,23,25). The number of piperidine rings is 1. The number of nitrogens with two attached hydrogens (primary N) is 1. The van der Waals surface area contributed by atoms with Crippen LogP contribution in [0.1, 0.15) is 39.1 Å². The zero-order valence-corrected chi connectivity index (χ0v) is 16.3. The van der Waals surface area contributed by atoms with E-state index in [1.807, 2.05) is 17.0 Å². The monoisotopic (exact) mass is 382 g/mol. The Morgan fingerprint density at radius 3 is 2.29 bits per heavy atom. The number of hydrogen-bond donors (Lipinski definition) is 1. The van der Waals surface area contributed by atoms with Gasteiger partial charge in [-0.05, 0) is 55.0 Å². The second kappa shape index (κ2) is 8.78. The van der Waals surface area contributed by atoms with E-state index >= 15 is 0 Å². The molecule has 0 bridgehead atoms. The fourth-order valence-electron chi connectivity index (χ4n) is 3.62. The molecular formula is C22H26N2O4. The Bertz CT molecular complexity index is 840. The summed E-state index contributed by atoms with van der Waals surface area (Å²) in [5.41, 5.74) is 7.56. The van der Waals surface area contributed by atoms with Gasteiger partial charge in [0.15, 0.2) is 0 Å². The van der Waals surface area contributed by atoms with E-state index in [4.69, 9.17) is 15.2 Å². The van der Waals surface area contributed by atoms with Crippen molar-refractivity contribution < 1.29 is 19.1 Å². The Morgan fingerprint density at radius 1 is 1.04 bits per heavy atom. The Balaban J connectivity index is 1.59. The van der Waals surface area contributed by atoms with Gasteiger partial charge in [0.25, 0.3) is 5.91 Å². The molecule has 1 aliphatic rings. The maximum atomic E-state index is 12.9. The van der Waals surface area contributed by atoms with E-state index < -0.39 is 5.91 Å². The average Bonchev–Trinajstić information content (AvgIpc) is 2.73. The molecule has 2 aromatic carbocycles. The van der Waals surface area contributed by atoms with Gasteiger partial charge < -0.3 is 20.1 Å². The van der Waals surface area contributed by atoms with Crippen LogP contribution in [0.5, 0.6) is 11.5 Å². The van der Waals surface area contributed by atoms with Gasteiger partial charge in [-0.15, -0.1) is 0 Å². The summed E-state index contributed by atoms with van der Waals surface area (Å²) >= 11 is 0. The molecule has 0 aromatic heterocycles. The summed E-state index contributed by atoms with van der Waals surface area (Å²) in [6, 6.07) is 12.7. The third-order valence-corrected chi connectivity index (χ3v) is 5.30. The van der Waals surface area contributed by atoms with Crippen LogP contribution in [-0.2, 0) is 6.42 Å². The van der Waals surface area contributed by atoms with Crippen LogP contribution in [0.2, 0.25) is 0 Å². The van der Waals surface area contributed by atoms with Crippen molar-refractivity contribution in [2.75, 3.05) is 27.3 Å². The van der Waals surface area contributed by atoms with Crippen LogP contribution in [0.4, 0.5) is 0 Å². The summed E-state index contributed by atoms with van der Waals surface area (Å²) in [5, 5.41) is 0. The first-order valence-corrected chi connectivity index (χ1v) is 9.42. The Kier molecular flexibility index (Phi) is 6.19. The third-order valence-electron chi connectivity index (χ3n) is 5.30. The van der Waals surface area contributed by atoms with Crippen LogP contribution in [0.3, 0.4) is 0 Å². The van der Waals surface area contributed by atoms with Gasteiger partial charge >= 0.3 is 0 Å². The van der Waals surface area contributed by atoms with Gasteiger partial charge in [-0.2, -0.15) is 0 Å². The zero-order chi connectivity index (χ0) is 20.1. The Morgan fingerprint density at radius 2 is 1.71 bits per heavy atom. The van der Waals surface area contributed by atoms with Crippen LogP contribution >= 0.6 is 0 Å². The second-order valence-electron chi connectivity index (χ2n) is 7.07. The highest BCUT2D eigenvalue weighted by atomic mass is 16.5. The van der Waals surface area contributed by atoms with Crippen LogP contribution in [0.25, 0.3) is 0 Å². The number of methoxy groups -OCH3 is 2. The van der Waals surface area contributed by atoms with E-state index in [-0.39, 0.29) is 5.91 Å². The van der Waals surface area contributed by atoms with E-state index in [0.29, 0.717) is 28.5 Å². The van der Waals surface area contributed by atoms with Crippen molar-refractivity contribution in [2.45, 2.75) is 19.3 Å². The van der Waals surface area contributed by atoms with Crippen molar-refractivity contribution in [1.82, 2.24) is 4.90 Å². The molecule has 148 valence electrons. The molecule has 2 amide bonds. The van der Waals surface area contributed by atoms with Gasteiger partial charge in [-0.25, -0.2) is 0 Å². The number of nitrogens with zero attached hydrogens (tertiary/aromatic N) is 1. The predicted octanol–water partition coefficient (Wildman–Crippen LogP) is 2.90. The average molecular weight is 382 g/mol. The number of ether oxygens (including phenoxy) is 2. The molecule has 6 heteroatoms. The molecule has 6 nitrogen and oxygen atoms in total. The highest BCUT2D eigenvalue weighted by Gasteiger charge is 2.25. The van der Waals surface area contributed by atoms with Crippen LogP contribution in [-0.4, -0.2) is 44.0 Å². The maximum Gasteiger partial charge on any atom is 0.257 e. The van der Waals surface area contributed by atoms with Crippen LogP contribution in [0.15, 0.2) is 42.5 Å². The molecule has 28 heavy (non-hydrogen) atoms. The van der Waals surface area contributed by atoms with Gasteiger partial charge in [0.05, 0.1) is 19.8 Å². The molecule has 0 saturated carbocycles. The van der Waals surface area contributed by atoms with Crippen LogP contribution in [0, 0.1) is 5.92 Å². The molecule has 0 unspecified atom stereocenters. The van der Waals surface area contributed by atoms with E-state index in [1.54, 1.807) is 44.6 Å². The summed E-state index contributed by atoms with van der Waals surface area (Å²) in [4.78, 5) is 26.0. The molecule has 2 N–H and O–H groups in total. The first-order chi connectivity index (χ1) is 13.5. The second-order valence-corrected chi connectivity index (χ2v) is 7.07. The normalized spacial score (nSPS) is 14.6. The van der Waals surface area contributed by atoms with Gasteiger partial charge in [-0.3, -0.25) is 9.59 Å². The highest BCUT2D eigenvalue weighted by molar-refractivity contribution is 5.97. The lowest BCUT2D eigenvalue weighted by atomic mass is 9.89. The fraction of sp³-hybridized carbons (Fsp3) is 0.364. The van der Waals surface area contributed by atoms with Crippen molar-refractivity contribution in [3.63, 3.8) is 0 Å². The zero-order valence-electron chi connectivity index (χ0n) is 16.3. The topological polar surface area (TPSA) is 81.9 Å². The number of amides is 2. The van der Waals surface area contributed by atoms with Crippen molar-refractivity contribution in [3.05, 3.63) is 59.2 Å². The lowest BCUT2D eigenvalue weighted by Crippen LogP contribution is -2.39. The van der Waals surface area contributed by atoms with Crippen molar-refractivity contribution >= 4 is 11.8 Å². The van der Waals surface area contributed by atoms with E-state index in [9.17, 15) is 9.59 Å². The molecule has 0 atom stereocenters. The molecule has 0 aliphatic carbocycles. The molecule has 1 heterocycles. The number of benzene rings is 2. The van der Waals surface area contributed by atoms with Crippen molar-refractivity contribution in [3.8, 4) is 11.5 Å². The predicted molar refractivity (Wildman–Crippen MR) is 107 cm³/mol. The van der Waals surface area contributed by atoms with Gasteiger partial charge in [0, 0.05) is 24.7 Å². The molecule has 1 saturated heterocycles. The minimum atomic E-state index is -0.410. The van der Waals surface area contributed by atoms with Gasteiger partial charge in [-0.1, -0.05) is 12.1 Å². The van der Waals surface area contributed by atoms with E-state index in [0.717, 1.165) is 32.4 Å².